The molecule has 17 heavy (non-hydrogen) atoms. The standard InChI is InChI=1S/C12H16O.2C2H6/c1-4-5-10(2)6-7-12-11(3)8-9-13-12;2*1-2/h4-10H,1-3H3;2*1-2H3/b5-4-,7-6-;;. The molecule has 1 aromatic heterocycles. The van der Waals surface area contributed by atoms with E-state index in [9.17, 15) is 0 Å². The van der Waals surface area contributed by atoms with Crippen LogP contribution >= 0.6 is 0 Å². The first kappa shape index (κ1) is 18.1. The van der Waals surface area contributed by atoms with Crippen LogP contribution in [-0.4, -0.2) is 0 Å². The Morgan fingerprint density at radius 1 is 1.12 bits per heavy atom. The molecule has 0 aromatic carbocycles. The Kier molecular flexibility index (Phi) is 13.7. The lowest BCUT2D eigenvalue weighted by atomic mass is 10.1. The quantitative estimate of drug-likeness (QED) is 0.598. The maximum Gasteiger partial charge on any atom is 0.129 e. The summed E-state index contributed by atoms with van der Waals surface area (Å²) in [5.41, 5.74) is 1.18. The topological polar surface area (TPSA) is 13.1 Å². The molecule has 0 aliphatic carbocycles. The summed E-state index contributed by atoms with van der Waals surface area (Å²) < 4.78 is 5.28. The predicted molar refractivity (Wildman–Crippen MR) is 79.2 cm³/mol. The van der Waals surface area contributed by atoms with Crippen molar-refractivity contribution in [2.75, 3.05) is 0 Å². The second-order valence-corrected chi connectivity index (χ2v) is 3.21. The number of rotatable bonds is 3. The zero-order valence-electron chi connectivity index (χ0n) is 12.4. The number of hydrogen-bond donors (Lipinski definition) is 0. The van der Waals surface area contributed by atoms with Crippen molar-refractivity contribution >= 4 is 6.08 Å². The van der Waals surface area contributed by atoms with Crippen molar-refractivity contribution in [1.29, 1.82) is 0 Å². The van der Waals surface area contributed by atoms with Crippen LogP contribution in [0.25, 0.3) is 6.08 Å². The minimum Gasteiger partial charge on any atom is -0.465 e. The summed E-state index contributed by atoms with van der Waals surface area (Å²) in [4.78, 5) is 0. The summed E-state index contributed by atoms with van der Waals surface area (Å²) in [6, 6.07) is 1.97. The summed E-state index contributed by atoms with van der Waals surface area (Å²) in [5.74, 6) is 1.42. The summed E-state index contributed by atoms with van der Waals surface area (Å²) in [7, 11) is 0. The van der Waals surface area contributed by atoms with Gasteiger partial charge in [0.1, 0.15) is 5.76 Å². The third-order valence-electron chi connectivity index (χ3n) is 1.95. The summed E-state index contributed by atoms with van der Waals surface area (Å²) >= 11 is 0. The second kappa shape index (κ2) is 12.8. The van der Waals surface area contributed by atoms with Crippen molar-refractivity contribution in [3.63, 3.8) is 0 Å². The van der Waals surface area contributed by atoms with Crippen molar-refractivity contribution in [2.45, 2.75) is 48.5 Å². The van der Waals surface area contributed by atoms with Gasteiger partial charge in [-0.25, -0.2) is 0 Å². The van der Waals surface area contributed by atoms with Crippen LogP contribution in [0.1, 0.15) is 52.9 Å². The fraction of sp³-hybridized carbons (Fsp3) is 0.500. The van der Waals surface area contributed by atoms with Gasteiger partial charge in [-0.3, -0.25) is 0 Å². The normalized spacial score (nSPS) is 11.7. The molecule has 0 aliphatic rings. The van der Waals surface area contributed by atoms with Crippen LogP contribution < -0.4 is 0 Å². The molecule has 0 aliphatic heterocycles. The van der Waals surface area contributed by atoms with Crippen molar-refractivity contribution in [3.05, 3.63) is 41.9 Å². The SMILES string of the molecule is C/C=C\C(C)/C=C\c1occc1C.CC.CC. The van der Waals surface area contributed by atoms with Gasteiger partial charge in [-0.05, 0) is 37.5 Å². The average molecular weight is 236 g/mol. The Hall–Kier alpha value is -1.24. The molecule has 1 unspecified atom stereocenters. The Labute approximate surface area is 107 Å². The van der Waals surface area contributed by atoms with Gasteiger partial charge in [0.15, 0.2) is 0 Å². The molecular formula is C16H28O. The van der Waals surface area contributed by atoms with Crippen LogP contribution in [0.4, 0.5) is 0 Å². The maximum absolute atomic E-state index is 5.28. The van der Waals surface area contributed by atoms with Gasteiger partial charge >= 0.3 is 0 Å². The molecule has 0 fully saturated rings. The van der Waals surface area contributed by atoms with Gasteiger partial charge in [0.05, 0.1) is 6.26 Å². The molecule has 98 valence electrons. The van der Waals surface area contributed by atoms with Gasteiger partial charge < -0.3 is 4.42 Å². The highest BCUT2D eigenvalue weighted by Gasteiger charge is 1.96. The molecule has 0 bridgehead atoms. The van der Waals surface area contributed by atoms with E-state index in [4.69, 9.17) is 4.42 Å². The smallest absolute Gasteiger partial charge is 0.129 e. The number of hydrogen-bond acceptors (Lipinski definition) is 1. The summed E-state index contributed by atoms with van der Waals surface area (Å²) in [5, 5.41) is 0. The van der Waals surface area contributed by atoms with Gasteiger partial charge in [0.25, 0.3) is 0 Å². The highest BCUT2D eigenvalue weighted by atomic mass is 16.3. The third kappa shape index (κ3) is 8.56. The van der Waals surface area contributed by atoms with Crippen LogP contribution in [0, 0.1) is 12.8 Å². The van der Waals surface area contributed by atoms with Gasteiger partial charge in [0, 0.05) is 0 Å². The Morgan fingerprint density at radius 3 is 2.12 bits per heavy atom. The Balaban J connectivity index is 0. The Bertz CT molecular complexity index is 305. The van der Waals surface area contributed by atoms with Crippen molar-refractivity contribution in [1.82, 2.24) is 0 Å². The maximum atomic E-state index is 5.28. The molecule has 0 N–H and O–H groups in total. The minimum atomic E-state index is 0.467. The van der Waals surface area contributed by atoms with Crippen LogP contribution in [-0.2, 0) is 0 Å². The minimum absolute atomic E-state index is 0.467. The predicted octanol–water partition coefficient (Wildman–Crippen LogP) is 5.87. The van der Waals surface area contributed by atoms with E-state index in [1.165, 1.54) is 5.56 Å². The average Bonchev–Trinajstić information content (AvgIpc) is 2.78. The van der Waals surface area contributed by atoms with E-state index < -0.39 is 0 Å². The lowest BCUT2D eigenvalue weighted by Gasteiger charge is -1.95. The van der Waals surface area contributed by atoms with E-state index in [1.54, 1.807) is 6.26 Å². The van der Waals surface area contributed by atoms with E-state index >= 15 is 0 Å². The Morgan fingerprint density at radius 2 is 1.71 bits per heavy atom. The van der Waals surface area contributed by atoms with Crippen LogP contribution in [0.2, 0.25) is 0 Å². The number of allylic oxidation sites excluding steroid dienone is 3. The van der Waals surface area contributed by atoms with Gasteiger partial charge in [-0.15, -0.1) is 0 Å². The van der Waals surface area contributed by atoms with E-state index in [2.05, 4.69) is 25.2 Å². The molecule has 0 radical (unpaired) electrons. The molecule has 0 amide bonds. The molecule has 1 atom stereocenters. The lowest BCUT2D eigenvalue weighted by Crippen LogP contribution is -1.80. The monoisotopic (exact) mass is 236 g/mol. The van der Waals surface area contributed by atoms with Crippen molar-refractivity contribution < 1.29 is 4.42 Å². The largest absolute Gasteiger partial charge is 0.465 e. The van der Waals surface area contributed by atoms with E-state index in [-0.39, 0.29) is 0 Å². The second-order valence-electron chi connectivity index (χ2n) is 3.21. The van der Waals surface area contributed by atoms with Gasteiger partial charge in [0.2, 0.25) is 0 Å². The van der Waals surface area contributed by atoms with Gasteiger partial charge in [-0.2, -0.15) is 0 Å². The number of furan rings is 1. The molecule has 1 rings (SSSR count). The molecule has 1 heteroatoms. The van der Waals surface area contributed by atoms with Crippen LogP contribution in [0.15, 0.2) is 35.0 Å². The fourth-order valence-electron chi connectivity index (χ4n) is 1.16. The van der Waals surface area contributed by atoms with E-state index in [0.29, 0.717) is 5.92 Å². The highest BCUT2D eigenvalue weighted by molar-refractivity contribution is 5.47. The van der Waals surface area contributed by atoms with Gasteiger partial charge in [-0.1, -0.05) is 52.8 Å². The molecular weight excluding hydrogens is 208 g/mol. The van der Waals surface area contributed by atoms with Crippen LogP contribution in [0.3, 0.4) is 0 Å². The first-order valence-electron chi connectivity index (χ1n) is 6.59. The molecule has 1 aromatic rings. The molecule has 0 saturated carbocycles. The lowest BCUT2D eigenvalue weighted by molar-refractivity contribution is 0.554. The van der Waals surface area contributed by atoms with E-state index in [1.807, 2.05) is 53.7 Å². The molecule has 0 spiro atoms. The van der Waals surface area contributed by atoms with Crippen LogP contribution in [0.5, 0.6) is 0 Å². The van der Waals surface area contributed by atoms with E-state index in [0.717, 1.165) is 5.76 Å². The third-order valence-corrected chi connectivity index (χ3v) is 1.95. The summed E-state index contributed by atoms with van der Waals surface area (Å²) in [6.45, 7) is 14.2. The molecule has 0 saturated heterocycles. The molecule has 1 nitrogen and oxygen atoms in total. The highest BCUT2D eigenvalue weighted by Crippen LogP contribution is 2.12. The first-order valence-corrected chi connectivity index (χ1v) is 6.59. The number of aryl methyl sites for hydroxylation is 1. The zero-order chi connectivity index (χ0) is 13.7. The van der Waals surface area contributed by atoms with Crippen molar-refractivity contribution in [3.8, 4) is 0 Å². The first-order chi connectivity index (χ1) is 8.24. The summed E-state index contributed by atoms with van der Waals surface area (Å²) in [6.07, 6.45) is 10.1. The molecule has 1 heterocycles. The van der Waals surface area contributed by atoms with Crippen molar-refractivity contribution in [2.24, 2.45) is 5.92 Å². The fourth-order valence-corrected chi connectivity index (χ4v) is 1.16. The zero-order valence-corrected chi connectivity index (χ0v) is 12.4.